The highest BCUT2D eigenvalue weighted by Crippen LogP contribution is 2.30. The highest BCUT2D eigenvalue weighted by Gasteiger charge is 2.19. The summed E-state index contributed by atoms with van der Waals surface area (Å²) < 4.78 is 0. The number of guanidine groups is 2. The third-order valence-corrected chi connectivity index (χ3v) is 3.43. The number of H-pyrrole nitrogens is 1. The zero-order valence-electron chi connectivity index (χ0n) is 11.5. The lowest BCUT2D eigenvalue weighted by molar-refractivity contribution is 0.867. The molecule has 0 aliphatic heterocycles. The summed E-state index contributed by atoms with van der Waals surface area (Å²) in [5, 5.41) is 7.51. The zero-order valence-corrected chi connectivity index (χ0v) is 11.5. The van der Waals surface area contributed by atoms with Crippen molar-refractivity contribution in [3.05, 3.63) is 35.5 Å². The number of aromatic nitrogens is 2. The summed E-state index contributed by atoms with van der Waals surface area (Å²) in [5.74, 6) is -0.0802. The van der Waals surface area contributed by atoms with Crippen molar-refractivity contribution in [3.8, 4) is 11.3 Å². The number of fused-ring (bicyclic) bond motifs is 1. The maximum atomic E-state index is 5.60. The maximum absolute atomic E-state index is 5.60. The van der Waals surface area contributed by atoms with Gasteiger partial charge >= 0.3 is 0 Å². The molecule has 2 aromatic rings. The first kappa shape index (κ1) is 13.2. The first-order chi connectivity index (χ1) is 10.1. The number of aromatic amines is 1. The van der Waals surface area contributed by atoms with Crippen molar-refractivity contribution in [3.63, 3.8) is 0 Å². The summed E-state index contributed by atoms with van der Waals surface area (Å²) in [6.07, 6.45) is 3.35. The number of rotatable bonds is 2. The van der Waals surface area contributed by atoms with Crippen molar-refractivity contribution >= 4 is 17.6 Å². The molecule has 3 rings (SSSR count). The minimum Gasteiger partial charge on any atom is -0.370 e. The molecular weight excluding hydrogens is 266 g/mol. The van der Waals surface area contributed by atoms with Gasteiger partial charge in [-0.3, -0.25) is 5.10 Å². The Morgan fingerprint density at radius 1 is 1.10 bits per heavy atom. The molecular formula is C14H17N7. The van der Waals surface area contributed by atoms with E-state index in [4.69, 9.17) is 17.2 Å². The van der Waals surface area contributed by atoms with Crippen molar-refractivity contribution in [2.24, 2.45) is 27.2 Å². The van der Waals surface area contributed by atoms with Crippen molar-refractivity contribution < 1.29 is 0 Å². The molecule has 0 unspecified atom stereocenters. The summed E-state index contributed by atoms with van der Waals surface area (Å²) in [7, 11) is 0. The molecule has 7 N–H and O–H groups in total. The smallest absolute Gasteiger partial charge is 0.223 e. The van der Waals surface area contributed by atoms with Gasteiger partial charge in [-0.15, -0.1) is 0 Å². The molecule has 0 saturated carbocycles. The number of aliphatic imine (C=N–C) groups is 2. The van der Waals surface area contributed by atoms with E-state index in [-0.39, 0.29) is 11.9 Å². The minimum atomic E-state index is -0.111. The van der Waals surface area contributed by atoms with E-state index in [2.05, 4.69) is 20.2 Å². The van der Waals surface area contributed by atoms with E-state index < -0.39 is 0 Å². The second-order valence-corrected chi connectivity index (χ2v) is 4.94. The molecule has 1 aliphatic rings. The number of nitrogens with one attached hydrogen (secondary N) is 1. The molecule has 0 spiro atoms. The van der Waals surface area contributed by atoms with Crippen LogP contribution in [0.1, 0.15) is 17.7 Å². The van der Waals surface area contributed by atoms with E-state index in [1.54, 1.807) is 0 Å². The monoisotopic (exact) mass is 283 g/mol. The van der Waals surface area contributed by atoms with Gasteiger partial charge in [0.05, 0.1) is 11.4 Å². The first-order valence-corrected chi connectivity index (χ1v) is 6.74. The van der Waals surface area contributed by atoms with Gasteiger partial charge in [-0.25, -0.2) is 4.99 Å². The molecule has 0 atom stereocenters. The molecule has 0 saturated heterocycles. The van der Waals surface area contributed by atoms with Gasteiger partial charge in [0, 0.05) is 16.8 Å². The van der Waals surface area contributed by atoms with E-state index in [9.17, 15) is 0 Å². The highest BCUT2D eigenvalue weighted by molar-refractivity contribution is 5.93. The molecule has 0 bridgehead atoms. The number of benzene rings is 1. The van der Waals surface area contributed by atoms with Crippen LogP contribution < -0.4 is 17.2 Å². The van der Waals surface area contributed by atoms with Gasteiger partial charge in [0.1, 0.15) is 0 Å². The largest absolute Gasteiger partial charge is 0.370 e. The molecule has 0 fully saturated rings. The second-order valence-electron chi connectivity index (χ2n) is 4.94. The van der Waals surface area contributed by atoms with Crippen LogP contribution in [-0.4, -0.2) is 22.1 Å². The Morgan fingerprint density at radius 2 is 1.86 bits per heavy atom. The summed E-state index contributed by atoms with van der Waals surface area (Å²) in [6, 6.07) is 7.66. The standard InChI is InChI=1S/C14H17N7/c15-13(16)19-14(17)18-9-6-4-8(5-7-9)12-10-2-1-3-11(10)20-21-12/h4-7H,1-3H2,(H,20,21)(H6,15,16,17,18,19). The fourth-order valence-electron chi connectivity index (χ4n) is 2.54. The average molecular weight is 283 g/mol. The van der Waals surface area contributed by atoms with E-state index in [0.717, 1.165) is 24.1 Å². The first-order valence-electron chi connectivity index (χ1n) is 6.74. The SMILES string of the molecule is NC(N)=NC(N)=Nc1ccc(-c2n[nH]c3c2CCC3)cc1. The Kier molecular flexibility index (Phi) is 3.31. The van der Waals surface area contributed by atoms with E-state index >= 15 is 0 Å². The van der Waals surface area contributed by atoms with Crippen LogP contribution in [0.15, 0.2) is 34.3 Å². The van der Waals surface area contributed by atoms with Crippen molar-refractivity contribution in [2.75, 3.05) is 0 Å². The van der Waals surface area contributed by atoms with E-state index in [0.29, 0.717) is 5.69 Å². The topological polar surface area (TPSA) is 131 Å². The van der Waals surface area contributed by atoms with Crippen LogP contribution in [0.3, 0.4) is 0 Å². The predicted molar refractivity (Wildman–Crippen MR) is 83.1 cm³/mol. The third kappa shape index (κ3) is 2.71. The Hall–Kier alpha value is -2.83. The number of aryl methyl sites for hydroxylation is 1. The molecule has 21 heavy (non-hydrogen) atoms. The van der Waals surface area contributed by atoms with Gasteiger partial charge in [0.25, 0.3) is 0 Å². The maximum Gasteiger partial charge on any atom is 0.223 e. The fraction of sp³-hybridized carbons (Fsp3) is 0.214. The molecule has 7 heteroatoms. The second kappa shape index (κ2) is 5.28. The van der Waals surface area contributed by atoms with Gasteiger partial charge in [0.2, 0.25) is 5.96 Å². The lowest BCUT2D eigenvalue weighted by atomic mass is 10.1. The molecule has 1 aliphatic carbocycles. The minimum absolute atomic E-state index is 0.0309. The fourth-order valence-corrected chi connectivity index (χ4v) is 2.54. The average Bonchev–Trinajstić information content (AvgIpc) is 3.01. The van der Waals surface area contributed by atoms with Crippen LogP contribution in [0.4, 0.5) is 5.69 Å². The number of hydrogen-bond acceptors (Lipinski definition) is 2. The van der Waals surface area contributed by atoms with Gasteiger partial charge < -0.3 is 17.2 Å². The Bertz CT molecular complexity index is 705. The molecule has 1 heterocycles. The Labute approximate surface area is 122 Å². The van der Waals surface area contributed by atoms with Gasteiger partial charge in [-0.05, 0) is 31.4 Å². The Morgan fingerprint density at radius 3 is 2.57 bits per heavy atom. The highest BCUT2D eigenvalue weighted by atomic mass is 15.1. The van der Waals surface area contributed by atoms with Gasteiger partial charge in [0.15, 0.2) is 5.96 Å². The normalized spacial score (nSPS) is 14.0. The van der Waals surface area contributed by atoms with Crippen LogP contribution >= 0.6 is 0 Å². The van der Waals surface area contributed by atoms with Crippen LogP contribution in [0, 0.1) is 0 Å². The quantitative estimate of drug-likeness (QED) is 0.479. The lowest BCUT2D eigenvalue weighted by Crippen LogP contribution is -2.26. The summed E-state index contributed by atoms with van der Waals surface area (Å²) in [6.45, 7) is 0. The zero-order chi connectivity index (χ0) is 14.8. The molecule has 1 aromatic carbocycles. The predicted octanol–water partition coefficient (Wildman–Crippen LogP) is 0.785. The third-order valence-electron chi connectivity index (χ3n) is 3.43. The van der Waals surface area contributed by atoms with Gasteiger partial charge in [-0.2, -0.15) is 10.1 Å². The molecule has 0 amide bonds. The summed E-state index contributed by atoms with van der Waals surface area (Å²) in [4.78, 5) is 7.79. The van der Waals surface area contributed by atoms with Crippen molar-refractivity contribution in [2.45, 2.75) is 19.3 Å². The lowest BCUT2D eigenvalue weighted by Gasteiger charge is -2.01. The number of nitrogens with zero attached hydrogens (tertiary/aromatic N) is 3. The summed E-state index contributed by atoms with van der Waals surface area (Å²) in [5.41, 5.74) is 21.4. The Balaban J connectivity index is 1.86. The molecule has 108 valence electrons. The van der Waals surface area contributed by atoms with Crippen molar-refractivity contribution in [1.29, 1.82) is 0 Å². The molecule has 7 nitrogen and oxygen atoms in total. The number of hydrogen-bond donors (Lipinski definition) is 4. The van der Waals surface area contributed by atoms with Crippen LogP contribution in [0.2, 0.25) is 0 Å². The summed E-state index contributed by atoms with van der Waals surface area (Å²) >= 11 is 0. The molecule has 0 radical (unpaired) electrons. The van der Waals surface area contributed by atoms with Crippen LogP contribution in [0.25, 0.3) is 11.3 Å². The van der Waals surface area contributed by atoms with Crippen LogP contribution in [-0.2, 0) is 12.8 Å². The number of nitrogens with two attached hydrogens (primary N) is 3. The van der Waals surface area contributed by atoms with Gasteiger partial charge in [-0.1, -0.05) is 12.1 Å². The van der Waals surface area contributed by atoms with E-state index in [1.165, 1.54) is 17.7 Å². The van der Waals surface area contributed by atoms with E-state index in [1.807, 2.05) is 24.3 Å². The van der Waals surface area contributed by atoms with Crippen molar-refractivity contribution in [1.82, 2.24) is 10.2 Å². The van der Waals surface area contributed by atoms with Crippen LogP contribution in [0.5, 0.6) is 0 Å². The molecule has 1 aromatic heterocycles.